The van der Waals surface area contributed by atoms with Crippen molar-refractivity contribution < 1.29 is 9.59 Å². The van der Waals surface area contributed by atoms with Crippen molar-refractivity contribution in [2.45, 2.75) is 40.5 Å². The van der Waals surface area contributed by atoms with E-state index in [1.165, 1.54) is 0 Å². The molecular weight excluding hydrogens is 276 g/mol. The third-order valence-electron chi connectivity index (χ3n) is 4.20. The Labute approximate surface area is 132 Å². The molecule has 4 nitrogen and oxygen atoms in total. The van der Waals surface area contributed by atoms with Gasteiger partial charge in [0, 0.05) is 30.1 Å². The second-order valence-electron chi connectivity index (χ2n) is 7.12. The van der Waals surface area contributed by atoms with Crippen LogP contribution in [-0.4, -0.2) is 29.8 Å². The van der Waals surface area contributed by atoms with E-state index in [1.54, 1.807) is 0 Å². The zero-order chi connectivity index (χ0) is 16.3. The minimum Gasteiger partial charge on any atom is -0.342 e. The first kappa shape index (κ1) is 16.5. The van der Waals surface area contributed by atoms with Gasteiger partial charge in [-0.2, -0.15) is 0 Å². The van der Waals surface area contributed by atoms with E-state index in [2.05, 4.69) is 5.32 Å². The largest absolute Gasteiger partial charge is 0.342 e. The number of hydrogen-bond acceptors (Lipinski definition) is 2. The van der Waals surface area contributed by atoms with Crippen LogP contribution in [0.5, 0.6) is 0 Å². The fourth-order valence-electron chi connectivity index (χ4n) is 2.77. The molecule has 1 aliphatic rings. The maximum atomic E-state index is 12.4. The van der Waals surface area contributed by atoms with Gasteiger partial charge in [-0.15, -0.1) is 0 Å². The first-order chi connectivity index (χ1) is 10.3. The molecule has 2 amide bonds. The summed E-state index contributed by atoms with van der Waals surface area (Å²) in [5.41, 5.74) is 1.59. The summed E-state index contributed by atoms with van der Waals surface area (Å²) in [6, 6.07) is 7.79. The molecule has 4 heteroatoms. The molecular formula is C18H26N2O2. The molecule has 22 heavy (non-hydrogen) atoms. The first-order valence-corrected chi connectivity index (χ1v) is 7.95. The van der Waals surface area contributed by atoms with Crippen molar-refractivity contribution >= 4 is 17.5 Å². The number of hydrogen-bond donors (Lipinski definition) is 1. The van der Waals surface area contributed by atoms with Crippen LogP contribution in [0.15, 0.2) is 24.3 Å². The highest BCUT2D eigenvalue weighted by molar-refractivity contribution is 5.93. The average molecular weight is 302 g/mol. The number of anilines is 1. The van der Waals surface area contributed by atoms with Crippen LogP contribution in [0.2, 0.25) is 0 Å². The van der Waals surface area contributed by atoms with Crippen LogP contribution >= 0.6 is 0 Å². The maximum absolute atomic E-state index is 12.4. The Kier molecular flexibility index (Phi) is 4.89. The third kappa shape index (κ3) is 3.87. The van der Waals surface area contributed by atoms with Gasteiger partial charge in [-0.25, -0.2) is 0 Å². The highest BCUT2D eigenvalue weighted by Gasteiger charge is 2.32. The highest BCUT2D eigenvalue weighted by atomic mass is 16.2. The molecule has 0 radical (unpaired) electrons. The number of likely N-dealkylation sites (tertiary alicyclic amines) is 1. The number of aryl methyl sites for hydroxylation is 1. The lowest BCUT2D eigenvalue weighted by atomic mass is 9.90. The van der Waals surface area contributed by atoms with Crippen molar-refractivity contribution in [3.63, 3.8) is 0 Å². The molecule has 1 aromatic rings. The first-order valence-electron chi connectivity index (χ1n) is 7.95. The summed E-state index contributed by atoms with van der Waals surface area (Å²) in [5.74, 6) is 0.228. The van der Waals surface area contributed by atoms with Crippen LogP contribution in [0.3, 0.4) is 0 Å². The number of carbonyl (C=O) groups excluding carboxylic acids is 2. The Balaban J connectivity index is 1.90. The van der Waals surface area contributed by atoms with Gasteiger partial charge in [-0.3, -0.25) is 9.59 Å². The summed E-state index contributed by atoms with van der Waals surface area (Å²) in [7, 11) is 0. The number of amides is 2. The van der Waals surface area contributed by atoms with E-state index in [0.717, 1.165) is 24.1 Å². The molecule has 2 rings (SSSR count). The van der Waals surface area contributed by atoms with Crippen molar-refractivity contribution in [3.8, 4) is 0 Å². The summed E-state index contributed by atoms with van der Waals surface area (Å²) in [6.07, 6.45) is 1.47. The predicted molar refractivity (Wildman–Crippen MR) is 88.6 cm³/mol. The topological polar surface area (TPSA) is 49.4 Å². The third-order valence-corrected chi connectivity index (χ3v) is 4.20. The van der Waals surface area contributed by atoms with Crippen molar-refractivity contribution in [3.05, 3.63) is 29.8 Å². The van der Waals surface area contributed by atoms with Gasteiger partial charge in [0.1, 0.15) is 0 Å². The van der Waals surface area contributed by atoms with E-state index >= 15 is 0 Å². The molecule has 1 aliphatic heterocycles. The van der Waals surface area contributed by atoms with Gasteiger partial charge in [0.25, 0.3) is 0 Å². The quantitative estimate of drug-likeness (QED) is 0.912. The minimum atomic E-state index is -0.351. The number of rotatable bonds is 2. The fraction of sp³-hybridized carbons (Fsp3) is 0.556. The summed E-state index contributed by atoms with van der Waals surface area (Å²) in [6.45, 7) is 9.13. The van der Waals surface area contributed by atoms with Gasteiger partial charge in [0.05, 0.1) is 0 Å². The second-order valence-corrected chi connectivity index (χ2v) is 7.12. The van der Waals surface area contributed by atoms with E-state index in [9.17, 15) is 9.59 Å². The summed E-state index contributed by atoms with van der Waals surface area (Å²) in [4.78, 5) is 26.5. The lowest BCUT2D eigenvalue weighted by Gasteiger charge is -2.35. The molecule has 1 fully saturated rings. The van der Waals surface area contributed by atoms with Gasteiger partial charge in [0.2, 0.25) is 11.8 Å². The SMILES string of the molecule is Cc1ccccc1NC(=O)C1CCN(C(=O)C(C)(C)C)CC1. The number of carbonyl (C=O) groups is 2. The van der Waals surface area contributed by atoms with Crippen LogP contribution in [0, 0.1) is 18.3 Å². The van der Waals surface area contributed by atoms with Crippen LogP contribution in [0.25, 0.3) is 0 Å². The van der Waals surface area contributed by atoms with Gasteiger partial charge < -0.3 is 10.2 Å². The van der Waals surface area contributed by atoms with Crippen molar-refractivity contribution in [2.75, 3.05) is 18.4 Å². The Morgan fingerprint density at radius 3 is 2.27 bits per heavy atom. The molecule has 1 saturated heterocycles. The Morgan fingerprint density at radius 2 is 1.73 bits per heavy atom. The number of nitrogens with zero attached hydrogens (tertiary/aromatic N) is 1. The molecule has 1 aromatic carbocycles. The Morgan fingerprint density at radius 1 is 1.14 bits per heavy atom. The van der Waals surface area contributed by atoms with Gasteiger partial charge in [-0.05, 0) is 31.4 Å². The number of piperidine rings is 1. The second kappa shape index (κ2) is 6.51. The lowest BCUT2D eigenvalue weighted by molar-refractivity contribution is -0.142. The van der Waals surface area contributed by atoms with E-state index in [0.29, 0.717) is 13.1 Å². The number of benzene rings is 1. The molecule has 1 heterocycles. The predicted octanol–water partition coefficient (Wildman–Crippen LogP) is 3.22. The maximum Gasteiger partial charge on any atom is 0.227 e. The monoisotopic (exact) mass is 302 g/mol. The highest BCUT2D eigenvalue weighted by Crippen LogP contribution is 2.25. The average Bonchev–Trinajstić information content (AvgIpc) is 2.48. The van der Waals surface area contributed by atoms with Gasteiger partial charge >= 0.3 is 0 Å². The van der Waals surface area contributed by atoms with Crippen molar-refractivity contribution in [1.82, 2.24) is 4.90 Å². The fourth-order valence-corrected chi connectivity index (χ4v) is 2.77. The molecule has 120 valence electrons. The molecule has 0 unspecified atom stereocenters. The van der Waals surface area contributed by atoms with Crippen molar-refractivity contribution in [2.24, 2.45) is 11.3 Å². The zero-order valence-corrected chi connectivity index (χ0v) is 14.0. The number of para-hydroxylation sites is 1. The molecule has 0 atom stereocenters. The standard InChI is InChI=1S/C18H26N2O2/c1-13-7-5-6-8-15(13)19-16(21)14-9-11-20(12-10-14)17(22)18(2,3)4/h5-8,14H,9-12H2,1-4H3,(H,19,21). The molecule has 1 N–H and O–H groups in total. The Bertz CT molecular complexity index is 552. The van der Waals surface area contributed by atoms with Gasteiger partial charge in [0.15, 0.2) is 0 Å². The Hall–Kier alpha value is -1.84. The number of nitrogens with one attached hydrogen (secondary N) is 1. The summed E-state index contributed by atoms with van der Waals surface area (Å²) in [5, 5.41) is 3.01. The van der Waals surface area contributed by atoms with Crippen molar-refractivity contribution in [1.29, 1.82) is 0 Å². The van der Waals surface area contributed by atoms with Crippen LogP contribution in [0.1, 0.15) is 39.2 Å². The molecule has 0 aromatic heterocycles. The van der Waals surface area contributed by atoms with Gasteiger partial charge in [-0.1, -0.05) is 39.0 Å². The molecule has 0 bridgehead atoms. The van der Waals surface area contributed by atoms with E-state index < -0.39 is 0 Å². The van der Waals surface area contributed by atoms with E-state index in [-0.39, 0.29) is 23.1 Å². The molecule has 0 spiro atoms. The zero-order valence-electron chi connectivity index (χ0n) is 14.0. The van der Waals surface area contributed by atoms with Crippen LogP contribution in [-0.2, 0) is 9.59 Å². The molecule has 0 saturated carbocycles. The minimum absolute atomic E-state index is 0.0105. The summed E-state index contributed by atoms with van der Waals surface area (Å²) < 4.78 is 0. The van der Waals surface area contributed by atoms with E-state index in [4.69, 9.17) is 0 Å². The normalized spacial score (nSPS) is 16.5. The van der Waals surface area contributed by atoms with Crippen LogP contribution < -0.4 is 5.32 Å². The van der Waals surface area contributed by atoms with Crippen LogP contribution in [0.4, 0.5) is 5.69 Å². The van der Waals surface area contributed by atoms with E-state index in [1.807, 2.05) is 56.9 Å². The summed E-state index contributed by atoms with van der Waals surface area (Å²) >= 11 is 0. The molecule has 0 aliphatic carbocycles. The smallest absolute Gasteiger partial charge is 0.227 e. The lowest BCUT2D eigenvalue weighted by Crippen LogP contribution is -2.45.